The van der Waals surface area contributed by atoms with Crippen LogP contribution in [0, 0.1) is 5.41 Å². The molecular weight excluding hydrogens is 206 g/mol. The number of hydrogen-bond acceptors (Lipinski definition) is 5. The summed E-state index contributed by atoms with van der Waals surface area (Å²) in [5.41, 5.74) is 0.167. The highest BCUT2D eigenvalue weighted by Gasteiger charge is 2.22. The Hall–Kier alpha value is -0.940. The van der Waals surface area contributed by atoms with Crippen molar-refractivity contribution in [3.63, 3.8) is 0 Å². The van der Waals surface area contributed by atoms with Gasteiger partial charge in [-0.3, -0.25) is 0 Å². The maximum atomic E-state index is 5.36. The standard InChI is InChI=1S/C11H19N3O2/c1-11(2,3)6-9-13-10(14-16-9)8-7-15-5-4-12-8/h8,12H,4-7H2,1-3H3. The zero-order chi connectivity index (χ0) is 11.6. The van der Waals surface area contributed by atoms with Gasteiger partial charge in [0.25, 0.3) is 0 Å². The van der Waals surface area contributed by atoms with Crippen molar-refractivity contribution in [1.82, 2.24) is 15.5 Å². The first-order chi connectivity index (χ1) is 7.54. The van der Waals surface area contributed by atoms with E-state index in [4.69, 9.17) is 9.26 Å². The van der Waals surface area contributed by atoms with E-state index in [2.05, 4.69) is 36.2 Å². The fourth-order valence-corrected chi connectivity index (χ4v) is 1.67. The van der Waals surface area contributed by atoms with Gasteiger partial charge in [-0.25, -0.2) is 0 Å². The molecule has 1 atom stereocenters. The number of aromatic nitrogens is 2. The minimum Gasteiger partial charge on any atom is -0.378 e. The molecule has 0 bridgehead atoms. The Labute approximate surface area is 95.6 Å². The van der Waals surface area contributed by atoms with E-state index in [1.54, 1.807) is 0 Å². The molecule has 16 heavy (non-hydrogen) atoms. The second-order valence-corrected chi connectivity index (χ2v) is 5.37. The molecular formula is C11H19N3O2. The van der Waals surface area contributed by atoms with Gasteiger partial charge >= 0.3 is 0 Å². The van der Waals surface area contributed by atoms with Gasteiger partial charge in [0.15, 0.2) is 5.82 Å². The molecule has 0 saturated carbocycles. The summed E-state index contributed by atoms with van der Waals surface area (Å²) in [6.45, 7) is 8.67. The van der Waals surface area contributed by atoms with Crippen molar-refractivity contribution in [3.8, 4) is 0 Å². The van der Waals surface area contributed by atoms with Crippen LogP contribution in [-0.2, 0) is 11.2 Å². The molecule has 1 aliphatic rings. The summed E-state index contributed by atoms with van der Waals surface area (Å²) in [6.07, 6.45) is 0.799. The Bertz CT molecular complexity index is 337. The van der Waals surface area contributed by atoms with Gasteiger partial charge < -0.3 is 14.6 Å². The molecule has 0 spiro atoms. The average Bonchev–Trinajstić information content (AvgIpc) is 2.65. The minimum absolute atomic E-state index is 0.0752. The van der Waals surface area contributed by atoms with Crippen molar-refractivity contribution >= 4 is 0 Å². The maximum absolute atomic E-state index is 5.36. The van der Waals surface area contributed by atoms with Crippen LogP contribution in [0.5, 0.6) is 0 Å². The van der Waals surface area contributed by atoms with Crippen LogP contribution in [0.2, 0.25) is 0 Å². The van der Waals surface area contributed by atoms with Gasteiger partial charge in [0.1, 0.15) is 0 Å². The van der Waals surface area contributed by atoms with Gasteiger partial charge in [-0.05, 0) is 5.41 Å². The zero-order valence-electron chi connectivity index (χ0n) is 10.1. The smallest absolute Gasteiger partial charge is 0.227 e. The highest BCUT2D eigenvalue weighted by molar-refractivity contribution is 4.96. The second-order valence-electron chi connectivity index (χ2n) is 5.37. The molecule has 0 aliphatic carbocycles. The predicted molar refractivity (Wildman–Crippen MR) is 59.0 cm³/mol. The quantitative estimate of drug-likeness (QED) is 0.822. The molecule has 5 heteroatoms. The third-order valence-electron chi connectivity index (χ3n) is 2.40. The Balaban J connectivity index is 2.01. The van der Waals surface area contributed by atoms with Gasteiger partial charge in [-0.15, -0.1) is 0 Å². The lowest BCUT2D eigenvalue weighted by Crippen LogP contribution is -2.35. The Morgan fingerprint density at radius 2 is 2.25 bits per heavy atom. The number of ether oxygens (including phenoxy) is 1. The molecule has 0 amide bonds. The fourth-order valence-electron chi connectivity index (χ4n) is 1.67. The molecule has 5 nitrogen and oxygen atoms in total. The van der Waals surface area contributed by atoms with E-state index in [0.29, 0.717) is 18.3 Å². The van der Waals surface area contributed by atoms with Crippen LogP contribution < -0.4 is 5.32 Å². The van der Waals surface area contributed by atoms with Gasteiger partial charge in [-0.1, -0.05) is 25.9 Å². The average molecular weight is 225 g/mol. The maximum Gasteiger partial charge on any atom is 0.227 e. The molecule has 0 aromatic carbocycles. The molecule has 1 aromatic heterocycles. The van der Waals surface area contributed by atoms with Crippen LogP contribution in [0.15, 0.2) is 4.52 Å². The van der Waals surface area contributed by atoms with Crippen LogP contribution in [0.4, 0.5) is 0 Å². The Morgan fingerprint density at radius 3 is 2.88 bits per heavy atom. The number of hydrogen-bond donors (Lipinski definition) is 1. The van der Waals surface area contributed by atoms with Crippen molar-refractivity contribution in [2.75, 3.05) is 19.8 Å². The second kappa shape index (κ2) is 4.51. The lowest BCUT2D eigenvalue weighted by atomic mass is 9.92. The van der Waals surface area contributed by atoms with Crippen molar-refractivity contribution in [2.45, 2.75) is 33.2 Å². The third-order valence-corrected chi connectivity index (χ3v) is 2.40. The van der Waals surface area contributed by atoms with Crippen LogP contribution >= 0.6 is 0 Å². The van der Waals surface area contributed by atoms with Gasteiger partial charge in [0.05, 0.1) is 19.3 Å². The van der Waals surface area contributed by atoms with Crippen molar-refractivity contribution in [3.05, 3.63) is 11.7 Å². The number of nitrogens with zero attached hydrogens (tertiary/aromatic N) is 2. The molecule has 1 N–H and O–H groups in total. The summed E-state index contributed by atoms with van der Waals surface area (Å²) >= 11 is 0. The Kier molecular flexibility index (Phi) is 3.25. The van der Waals surface area contributed by atoms with E-state index in [1.807, 2.05) is 0 Å². The minimum atomic E-state index is 0.0752. The molecule has 1 aromatic rings. The summed E-state index contributed by atoms with van der Waals surface area (Å²) < 4.78 is 10.6. The molecule has 1 fully saturated rings. The summed E-state index contributed by atoms with van der Waals surface area (Å²) in [7, 11) is 0. The summed E-state index contributed by atoms with van der Waals surface area (Å²) in [5.74, 6) is 1.41. The van der Waals surface area contributed by atoms with Crippen LogP contribution in [0.25, 0.3) is 0 Å². The molecule has 0 radical (unpaired) electrons. The lowest BCUT2D eigenvalue weighted by molar-refractivity contribution is 0.0734. The molecule has 1 aliphatic heterocycles. The monoisotopic (exact) mass is 225 g/mol. The highest BCUT2D eigenvalue weighted by Crippen LogP contribution is 2.20. The van der Waals surface area contributed by atoms with Gasteiger partial charge in [0, 0.05) is 13.0 Å². The first-order valence-corrected chi connectivity index (χ1v) is 5.68. The topological polar surface area (TPSA) is 60.2 Å². The number of morpholine rings is 1. The molecule has 1 saturated heterocycles. The predicted octanol–water partition coefficient (Wildman–Crippen LogP) is 1.32. The molecule has 1 unspecified atom stereocenters. The normalized spacial score (nSPS) is 22.3. The summed E-state index contributed by atoms with van der Waals surface area (Å²) in [6, 6.07) is 0.0752. The van der Waals surface area contributed by atoms with Crippen molar-refractivity contribution in [1.29, 1.82) is 0 Å². The summed E-state index contributed by atoms with van der Waals surface area (Å²) in [5, 5.41) is 7.30. The SMILES string of the molecule is CC(C)(C)Cc1nc(C2COCCN2)no1. The molecule has 2 rings (SSSR count). The van der Waals surface area contributed by atoms with E-state index >= 15 is 0 Å². The van der Waals surface area contributed by atoms with Gasteiger partial charge in [-0.2, -0.15) is 4.98 Å². The third kappa shape index (κ3) is 3.02. The van der Waals surface area contributed by atoms with E-state index in [0.717, 1.165) is 19.6 Å². The van der Waals surface area contributed by atoms with Crippen LogP contribution in [0.1, 0.15) is 38.5 Å². The summed E-state index contributed by atoms with van der Waals surface area (Å²) in [4.78, 5) is 4.40. The molecule has 90 valence electrons. The van der Waals surface area contributed by atoms with E-state index < -0.39 is 0 Å². The number of nitrogens with one attached hydrogen (secondary N) is 1. The largest absolute Gasteiger partial charge is 0.378 e. The van der Waals surface area contributed by atoms with Crippen LogP contribution in [0.3, 0.4) is 0 Å². The number of rotatable bonds is 2. The zero-order valence-corrected chi connectivity index (χ0v) is 10.1. The van der Waals surface area contributed by atoms with Gasteiger partial charge in [0.2, 0.25) is 5.89 Å². The molecule has 2 heterocycles. The van der Waals surface area contributed by atoms with Crippen molar-refractivity contribution in [2.24, 2.45) is 5.41 Å². The van der Waals surface area contributed by atoms with E-state index in [1.165, 1.54) is 0 Å². The van der Waals surface area contributed by atoms with Crippen molar-refractivity contribution < 1.29 is 9.26 Å². The van der Waals surface area contributed by atoms with E-state index in [9.17, 15) is 0 Å². The first kappa shape index (κ1) is 11.5. The van der Waals surface area contributed by atoms with Crippen LogP contribution in [-0.4, -0.2) is 29.9 Å². The fraction of sp³-hybridized carbons (Fsp3) is 0.818. The lowest BCUT2D eigenvalue weighted by Gasteiger charge is -2.20. The Morgan fingerprint density at radius 1 is 1.44 bits per heavy atom. The highest BCUT2D eigenvalue weighted by atomic mass is 16.5. The first-order valence-electron chi connectivity index (χ1n) is 5.68. The van der Waals surface area contributed by atoms with E-state index in [-0.39, 0.29) is 11.5 Å².